The van der Waals surface area contributed by atoms with Gasteiger partial charge in [0.2, 0.25) is 5.88 Å². The quantitative estimate of drug-likeness (QED) is 0.835. The Kier molecular flexibility index (Phi) is 4.36. The zero-order valence-electron chi connectivity index (χ0n) is 11.0. The lowest BCUT2D eigenvalue weighted by molar-refractivity contribution is 0.310. The van der Waals surface area contributed by atoms with E-state index in [1.54, 1.807) is 0 Å². The Morgan fingerprint density at radius 3 is 2.83 bits per heavy atom. The summed E-state index contributed by atoms with van der Waals surface area (Å²) in [5, 5.41) is 3.30. The Hall–Kier alpha value is -1.36. The third-order valence-electron chi connectivity index (χ3n) is 3.41. The number of hydrogen-bond acceptors (Lipinski definition) is 5. The van der Waals surface area contributed by atoms with Crippen LogP contribution in [0, 0.1) is 0 Å². The van der Waals surface area contributed by atoms with Crippen LogP contribution in [-0.2, 0) is 0 Å². The van der Waals surface area contributed by atoms with Crippen molar-refractivity contribution in [1.82, 2.24) is 9.97 Å². The number of aromatic nitrogens is 2. The monoisotopic (exact) mass is 250 g/mol. The van der Waals surface area contributed by atoms with Gasteiger partial charge in [-0.3, -0.25) is 0 Å². The normalized spacial score (nSPS) is 18.3. The molecule has 0 radical (unpaired) electrons. The number of nitrogens with one attached hydrogen (secondary N) is 1. The van der Waals surface area contributed by atoms with E-state index in [2.05, 4.69) is 15.3 Å². The van der Waals surface area contributed by atoms with Crippen molar-refractivity contribution in [3.8, 4) is 5.88 Å². The molecule has 0 bridgehead atoms. The van der Waals surface area contributed by atoms with Crippen LogP contribution >= 0.6 is 0 Å². The number of hydrogen-bond donors (Lipinski definition) is 2. The molecule has 1 aliphatic carbocycles. The van der Waals surface area contributed by atoms with Crippen molar-refractivity contribution in [3.63, 3.8) is 0 Å². The summed E-state index contributed by atoms with van der Waals surface area (Å²) in [6.45, 7) is 3.30. The molecule has 100 valence electrons. The minimum atomic E-state index is -0.0883. The van der Waals surface area contributed by atoms with E-state index >= 15 is 0 Å². The topological polar surface area (TPSA) is 73.1 Å². The predicted octanol–water partition coefficient (Wildman–Crippen LogP) is 1.95. The van der Waals surface area contributed by atoms with Gasteiger partial charge >= 0.3 is 0 Å². The summed E-state index contributed by atoms with van der Waals surface area (Å²) in [6, 6.07) is 1.82. The SMILES string of the molecule is CCOc1cc(NCC2(N)CCCCC2)ncn1. The first kappa shape index (κ1) is 13.1. The second-order valence-corrected chi connectivity index (χ2v) is 4.95. The van der Waals surface area contributed by atoms with Gasteiger partial charge < -0.3 is 15.8 Å². The van der Waals surface area contributed by atoms with Crippen molar-refractivity contribution < 1.29 is 4.74 Å². The first-order chi connectivity index (χ1) is 8.72. The van der Waals surface area contributed by atoms with Gasteiger partial charge in [-0.05, 0) is 19.8 Å². The summed E-state index contributed by atoms with van der Waals surface area (Å²) in [4.78, 5) is 8.22. The molecule has 1 heterocycles. The summed E-state index contributed by atoms with van der Waals surface area (Å²) in [5.74, 6) is 1.38. The number of nitrogens with two attached hydrogens (primary N) is 1. The summed E-state index contributed by atoms with van der Waals surface area (Å²) < 4.78 is 5.34. The molecule has 1 fully saturated rings. The van der Waals surface area contributed by atoms with Crippen LogP contribution in [0.15, 0.2) is 12.4 Å². The molecule has 1 aromatic rings. The standard InChI is InChI=1S/C13H22N4O/c1-2-18-12-8-11(16-10-17-12)15-9-13(14)6-4-3-5-7-13/h8,10H,2-7,9,14H2,1H3,(H,15,16,17). The zero-order chi connectivity index (χ0) is 12.8. The van der Waals surface area contributed by atoms with Gasteiger partial charge in [0.05, 0.1) is 6.61 Å². The van der Waals surface area contributed by atoms with Gasteiger partial charge in [0.25, 0.3) is 0 Å². The first-order valence-corrected chi connectivity index (χ1v) is 6.69. The molecule has 0 spiro atoms. The molecule has 1 aliphatic rings. The van der Waals surface area contributed by atoms with Crippen molar-refractivity contribution >= 4 is 5.82 Å². The number of ether oxygens (including phenoxy) is 1. The number of anilines is 1. The number of nitrogens with zero attached hydrogens (tertiary/aromatic N) is 2. The fraction of sp³-hybridized carbons (Fsp3) is 0.692. The molecule has 5 heteroatoms. The molecule has 0 unspecified atom stereocenters. The maximum Gasteiger partial charge on any atom is 0.218 e. The van der Waals surface area contributed by atoms with E-state index in [1.165, 1.54) is 25.6 Å². The van der Waals surface area contributed by atoms with Crippen LogP contribution in [0.5, 0.6) is 5.88 Å². The van der Waals surface area contributed by atoms with E-state index in [-0.39, 0.29) is 5.54 Å². The van der Waals surface area contributed by atoms with E-state index < -0.39 is 0 Å². The van der Waals surface area contributed by atoms with E-state index in [9.17, 15) is 0 Å². The van der Waals surface area contributed by atoms with Crippen molar-refractivity contribution in [1.29, 1.82) is 0 Å². The van der Waals surface area contributed by atoms with Crippen LogP contribution in [0.3, 0.4) is 0 Å². The third-order valence-corrected chi connectivity index (χ3v) is 3.41. The smallest absolute Gasteiger partial charge is 0.218 e. The van der Waals surface area contributed by atoms with Crippen molar-refractivity contribution in [2.24, 2.45) is 5.73 Å². The van der Waals surface area contributed by atoms with E-state index in [0.717, 1.165) is 25.2 Å². The summed E-state index contributed by atoms with van der Waals surface area (Å²) >= 11 is 0. The predicted molar refractivity (Wildman–Crippen MR) is 71.7 cm³/mol. The molecule has 0 aliphatic heterocycles. The minimum absolute atomic E-state index is 0.0883. The van der Waals surface area contributed by atoms with Gasteiger partial charge in [-0.15, -0.1) is 0 Å². The van der Waals surface area contributed by atoms with Gasteiger partial charge in [-0.1, -0.05) is 19.3 Å². The van der Waals surface area contributed by atoms with Gasteiger partial charge in [-0.25, -0.2) is 9.97 Å². The molecule has 0 aromatic carbocycles. The van der Waals surface area contributed by atoms with Crippen LogP contribution in [0.2, 0.25) is 0 Å². The van der Waals surface area contributed by atoms with Crippen LogP contribution in [0.4, 0.5) is 5.82 Å². The average Bonchev–Trinajstić information content (AvgIpc) is 2.38. The van der Waals surface area contributed by atoms with Gasteiger partial charge in [0.15, 0.2) is 0 Å². The van der Waals surface area contributed by atoms with Gasteiger partial charge in [0.1, 0.15) is 12.1 Å². The Labute approximate surface area is 108 Å². The molecule has 1 saturated carbocycles. The lowest BCUT2D eigenvalue weighted by Gasteiger charge is -2.33. The molecule has 2 rings (SSSR count). The second-order valence-electron chi connectivity index (χ2n) is 4.95. The maximum atomic E-state index is 6.37. The molecular weight excluding hydrogens is 228 g/mol. The third kappa shape index (κ3) is 3.57. The Morgan fingerprint density at radius 1 is 1.33 bits per heavy atom. The molecule has 0 saturated heterocycles. The molecule has 3 N–H and O–H groups in total. The van der Waals surface area contributed by atoms with Crippen molar-refractivity contribution in [3.05, 3.63) is 12.4 Å². The fourth-order valence-electron chi connectivity index (χ4n) is 2.36. The first-order valence-electron chi connectivity index (χ1n) is 6.69. The number of rotatable bonds is 5. The lowest BCUT2D eigenvalue weighted by atomic mass is 9.82. The van der Waals surface area contributed by atoms with Gasteiger partial charge in [0, 0.05) is 18.2 Å². The highest BCUT2D eigenvalue weighted by Crippen LogP contribution is 2.26. The highest BCUT2D eigenvalue weighted by Gasteiger charge is 2.27. The van der Waals surface area contributed by atoms with Crippen molar-refractivity contribution in [2.45, 2.75) is 44.6 Å². The fourth-order valence-corrected chi connectivity index (χ4v) is 2.36. The minimum Gasteiger partial charge on any atom is -0.478 e. The largest absolute Gasteiger partial charge is 0.478 e. The van der Waals surface area contributed by atoms with Crippen LogP contribution in [-0.4, -0.2) is 28.7 Å². The van der Waals surface area contributed by atoms with Crippen LogP contribution in [0.1, 0.15) is 39.0 Å². The van der Waals surface area contributed by atoms with Crippen LogP contribution in [0.25, 0.3) is 0 Å². The molecule has 0 atom stereocenters. The van der Waals surface area contributed by atoms with E-state index in [1.807, 2.05) is 13.0 Å². The second kappa shape index (κ2) is 6.00. The Bertz CT molecular complexity index is 377. The van der Waals surface area contributed by atoms with E-state index in [4.69, 9.17) is 10.5 Å². The Balaban J connectivity index is 1.90. The molecule has 0 amide bonds. The summed E-state index contributed by atoms with van der Waals surface area (Å²) in [6.07, 6.45) is 7.45. The highest BCUT2D eigenvalue weighted by molar-refractivity contribution is 5.37. The zero-order valence-corrected chi connectivity index (χ0v) is 11.0. The molecule has 18 heavy (non-hydrogen) atoms. The van der Waals surface area contributed by atoms with Crippen molar-refractivity contribution in [2.75, 3.05) is 18.5 Å². The van der Waals surface area contributed by atoms with Crippen LogP contribution < -0.4 is 15.8 Å². The van der Waals surface area contributed by atoms with E-state index in [0.29, 0.717) is 12.5 Å². The summed E-state index contributed by atoms with van der Waals surface area (Å²) in [5.41, 5.74) is 6.28. The molecular formula is C13H22N4O. The average molecular weight is 250 g/mol. The lowest BCUT2D eigenvalue weighted by Crippen LogP contribution is -2.47. The molecule has 5 nitrogen and oxygen atoms in total. The Morgan fingerprint density at radius 2 is 2.11 bits per heavy atom. The molecule has 1 aromatic heterocycles. The summed E-state index contributed by atoms with van der Waals surface area (Å²) in [7, 11) is 0. The van der Waals surface area contributed by atoms with Gasteiger partial charge in [-0.2, -0.15) is 0 Å². The highest BCUT2D eigenvalue weighted by atomic mass is 16.5. The maximum absolute atomic E-state index is 6.37.